The molecular formula is C21H24O10. The van der Waals surface area contributed by atoms with E-state index < -0.39 is 42.9 Å². The van der Waals surface area contributed by atoms with Gasteiger partial charge in [-0.25, -0.2) is 0 Å². The van der Waals surface area contributed by atoms with E-state index in [1.807, 2.05) is 0 Å². The van der Waals surface area contributed by atoms with Crippen LogP contribution >= 0.6 is 0 Å². The first-order valence-electron chi connectivity index (χ1n) is 9.74. The van der Waals surface area contributed by atoms with E-state index in [0.29, 0.717) is 11.1 Å². The summed E-state index contributed by atoms with van der Waals surface area (Å²) >= 11 is 0. The van der Waals surface area contributed by atoms with Crippen LogP contribution in [0.25, 0.3) is 0 Å². The van der Waals surface area contributed by atoms with Crippen molar-refractivity contribution in [1.82, 2.24) is 0 Å². The molecule has 2 aliphatic rings. The van der Waals surface area contributed by atoms with Gasteiger partial charge in [0.2, 0.25) is 0 Å². The quantitative estimate of drug-likeness (QED) is 0.334. The molecule has 10 nitrogen and oxygen atoms in total. The van der Waals surface area contributed by atoms with Gasteiger partial charge in [0.05, 0.1) is 6.10 Å². The maximum absolute atomic E-state index is 10.3. The van der Waals surface area contributed by atoms with E-state index in [2.05, 4.69) is 0 Å². The third-order valence-corrected chi connectivity index (χ3v) is 5.61. The molecule has 0 aliphatic carbocycles. The van der Waals surface area contributed by atoms with Gasteiger partial charge in [0.15, 0.2) is 23.9 Å². The molecule has 0 saturated carbocycles. The zero-order valence-corrected chi connectivity index (χ0v) is 16.5. The molecular weight excluding hydrogens is 412 g/mol. The van der Waals surface area contributed by atoms with Gasteiger partial charge in [0.1, 0.15) is 41.7 Å². The van der Waals surface area contributed by atoms with E-state index in [1.165, 1.54) is 31.2 Å². The maximum Gasteiger partial charge on any atom is 0.187 e. The Hall–Kier alpha value is -2.76. The molecule has 0 amide bonds. The first kappa shape index (κ1) is 21.5. The van der Waals surface area contributed by atoms with Gasteiger partial charge in [-0.05, 0) is 24.6 Å². The molecule has 31 heavy (non-hydrogen) atoms. The smallest absolute Gasteiger partial charge is 0.187 e. The van der Waals surface area contributed by atoms with Crippen molar-refractivity contribution < 1.29 is 50.0 Å². The van der Waals surface area contributed by atoms with Gasteiger partial charge in [-0.15, -0.1) is 0 Å². The van der Waals surface area contributed by atoms with Gasteiger partial charge in [-0.2, -0.15) is 0 Å². The number of hydrogen-bond acceptors (Lipinski definition) is 10. The van der Waals surface area contributed by atoms with Gasteiger partial charge >= 0.3 is 0 Å². The standard InChI is InChI=1S/C21H24O10/c1-8-17(26)18(27)19(28)21(29-8)31-16-7-11-13(24)5-10(22)6-15(11)30-20(16)9-2-3-12(23)14(25)4-9/h2-6,8,16-28H,7H2,1H3/t8-,16+,17-,18+,19+,20+,21-/m0/s1. The van der Waals surface area contributed by atoms with Crippen molar-refractivity contribution in [3.8, 4) is 28.7 Å². The summed E-state index contributed by atoms with van der Waals surface area (Å²) in [6.45, 7) is 1.52. The van der Waals surface area contributed by atoms with Crippen LogP contribution in [0.5, 0.6) is 28.7 Å². The van der Waals surface area contributed by atoms with Crippen molar-refractivity contribution in [2.75, 3.05) is 0 Å². The molecule has 7 atom stereocenters. The third-order valence-electron chi connectivity index (χ3n) is 5.61. The first-order valence-corrected chi connectivity index (χ1v) is 9.74. The highest BCUT2D eigenvalue weighted by molar-refractivity contribution is 5.52. The maximum atomic E-state index is 10.3. The number of benzene rings is 2. The number of phenols is 4. The topological polar surface area (TPSA) is 169 Å². The van der Waals surface area contributed by atoms with E-state index in [0.717, 1.165) is 6.07 Å². The average Bonchev–Trinajstić information content (AvgIpc) is 2.72. The Balaban J connectivity index is 1.69. The van der Waals surface area contributed by atoms with E-state index in [-0.39, 0.29) is 35.2 Å². The minimum atomic E-state index is -1.55. The van der Waals surface area contributed by atoms with E-state index >= 15 is 0 Å². The monoisotopic (exact) mass is 436 g/mol. The van der Waals surface area contributed by atoms with Gasteiger partial charge in [0.25, 0.3) is 0 Å². The molecule has 2 aromatic carbocycles. The molecule has 1 saturated heterocycles. The van der Waals surface area contributed by atoms with Crippen LogP contribution in [0, 0.1) is 0 Å². The molecule has 0 aromatic heterocycles. The van der Waals surface area contributed by atoms with Gasteiger partial charge in [-0.1, -0.05) is 6.07 Å². The normalized spacial score (nSPS) is 32.8. The molecule has 168 valence electrons. The molecule has 10 heteroatoms. The Morgan fingerprint density at radius 2 is 1.61 bits per heavy atom. The Morgan fingerprint density at radius 3 is 2.32 bits per heavy atom. The molecule has 0 unspecified atom stereocenters. The second-order valence-corrected chi connectivity index (χ2v) is 7.79. The predicted octanol–water partition coefficient (Wildman–Crippen LogP) is 0.398. The summed E-state index contributed by atoms with van der Waals surface area (Å²) in [6.07, 6.45) is -8.15. The molecule has 1 fully saturated rings. The Kier molecular flexibility index (Phi) is 5.58. The molecule has 7 N–H and O–H groups in total. The molecule has 4 rings (SSSR count). The SMILES string of the molecule is C[C@@H]1O[C@@H](O[C@@H]2Cc3c(O)cc(O)cc3O[C@@H]2c2ccc(O)c(O)c2)[C@H](O)[C@H](O)[C@H]1O. The fourth-order valence-corrected chi connectivity index (χ4v) is 3.87. The van der Waals surface area contributed by atoms with E-state index in [4.69, 9.17) is 14.2 Å². The number of phenolic OH excluding ortho intramolecular Hbond substituents is 4. The van der Waals surface area contributed by atoms with Gasteiger partial charge in [0, 0.05) is 24.1 Å². The van der Waals surface area contributed by atoms with Crippen molar-refractivity contribution in [2.24, 2.45) is 0 Å². The summed E-state index contributed by atoms with van der Waals surface area (Å²) in [5.41, 5.74) is 0.758. The van der Waals surface area contributed by atoms with E-state index in [9.17, 15) is 35.7 Å². The van der Waals surface area contributed by atoms with Crippen LogP contribution < -0.4 is 4.74 Å². The van der Waals surface area contributed by atoms with Crippen molar-refractivity contribution >= 4 is 0 Å². The lowest BCUT2D eigenvalue weighted by atomic mass is 9.93. The number of fused-ring (bicyclic) bond motifs is 1. The summed E-state index contributed by atoms with van der Waals surface area (Å²) in [5.74, 6) is -0.941. The number of aliphatic hydroxyl groups excluding tert-OH is 3. The number of ether oxygens (including phenoxy) is 3. The lowest BCUT2D eigenvalue weighted by Gasteiger charge is -2.42. The van der Waals surface area contributed by atoms with Gasteiger partial charge in [-0.3, -0.25) is 0 Å². The predicted molar refractivity (Wildman–Crippen MR) is 104 cm³/mol. The summed E-state index contributed by atoms with van der Waals surface area (Å²) in [5, 5.41) is 69.9. The average molecular weight is 436 g/mol. The molecule has 0 bridgehead atoms. The molecule has 2 heterocycles. The molecule has 2 aromatic rings. The fraction of sp³-hybridized carbons (Fsp3) is 0.429. The Bertz CT molecular complexity index is 963. The van der Waals surface area contributed by atoms with Crippen LogP contribution in [-0.4, -0.2) is 72.6 Å². The Morgan fingerprint density at radius 1 is 0.871 bits per heavy atom. The number of rotatable bonds is 3. The second-order valence-electron chi connectivity index (χ2n) is 7.79. The molecule has 0 spiro atoms. The third kappa shape index (κ3) is 3.95. The van der Waals surface area contributed by atoms with Crippen LogP contribution in [0.2, 0.25) is 0 Å². The number of aromatic hydroxyl groups is 4. The lowest BCUT2D eigenvalue weighted by molar-refractivity contribution is -0.310. The first-order chi connectivity index (χ1) is 14.7. The summed E-state index contributed by atoms with van der Waals surface area (Å²) < 4.78 is 17.4. The van der Waals surface area contributed by atoms with Crippen LogP contribution in [-0.2, 0) is 15.9 Å². The summed E-state index contributed by atoms with van der Waals surface area (Å²) in [7, 11) is 0. The zero-order valence-electron chi connectivity index (χ0n) is 16.5. The summed E-state index contributed by atoms with van der Waals surface area (Å²) in [6, 6.07) is 6.54. The highest BCUT2D eigenvalue weighted by Gasteiger charge is 2.45. The largest absolute Gasteiger partial charge is 0.508 e. The van der Waals surface area contributed by atoms with Crippen molar-refractivity contribution in [3.05, 3.63) is 41.5 Å². The van der Waals surface area contributed by atoms with E-state index in [1.54, 1.807) is 0 Å². The van der Waals surface area contributed by atoms with Crippen molar-refractivity contribution in [2.45, 2.75) is 56.3 Å². The van der Waals surface area contributed by atoms with Gasteiger partial charge < -0.3 is 50.0 Å². The minimum absolute atomic E-state index is 0.0767. The molecule has 2 aliphatic heterocycles. The number of aliphatic hydroxyl groups is 3. The zero-order chi connectivity index (χ0) is 22.4. The van der Waals surface area contributed by atoms with Crippen LogP contribution in [0.1, 0.15) is 24.2 Å². The van der Waals surface area contributed by atoms with Crippen LogP contribution in [0.3, 0.4) is 0 Å². The highest BCUT2D eigenvalue weighted by Crippen LogP contribution is 2.44. The number of hydrogen-bond donors (Lipinski definition) is 7. The fourth-order valence-electron chi connectivity index (χ4n) is 3.87. The van der Waals surface area contributed by atoms with Crippen molar-refractivity contribution in [1.29, 1.82) is 0 Å². The highest BCUT2D eigenvalue weighted by atomic mass is 16.7. The molecule has 0 radical (unpaired) electrons. The minimum Gasteiger partial charge on any atom is -0.508 e. The van der Waals surface area contributed by atoms with Crippen LogP contribution in [0.15, 0.2) is 30.3 Å². The summed E-state index contributed by atoms with van der Waals surface area (Å²) in [4.78, 5) is 0. The van der Waals surface area contributed by atoms with Crippen molar-refractivity contribution in [3.63, 3.8) is 0 Å². The lowest BCUT2D eigenvalue weighted by Crippen LogP contribution is -2.58. The Labute approximate surface area is 177 Å². The van der Waals surface area contributed by atoms with Crippen LogP contribution in [0.4, 0.5) is 0 Å². The second kappa shape index (κ2) is 8.06.